The van der Waals surface area contributed by atoms with E-state index in [1.807, 2.05) is 6.92 Å². The van der Waals surface area contributed by atoms with Crippen molar-refractivity contribution >= 4 is 23.5 Å². The third kappa shape index (κ3) is 5.48. The van der Waals surface area contributed by atoms with E-state index < -0.39 is 5.97 Å². The van der Waals surface area contributed by atoms with Gasteiger partial charge in [0.15, 0.2) is 0 Å². The molecule has 1 aliphatic heterocycles. The standard InChI is InChI=1S/C19H21ClO5/c1-3-14-12-13(10-11-24-14)19(22)25-17-7-5-6-16(20)15(17)8-9-18(21)23-4-2/h5-7,13-14H,3-4,10-12H2,1-2H3. The van der Waals surface area contributed by atoms with Crippen LogP contribution in [0.5, 0.6) is 5.75 Å². The van der Waals surface area contributed by atoms with Crippen LogP contribution in [0.2, 0.25) is 5.02 Å². The van der Waals surface area contributed by atoms with Gasteiger partial charge in [-0.2, -0.15) is 0 Å². The molecule has 6 heteroatoms. The molecule has 25 heavy (non-hydrogen) atoms. The monoisotopic (exact) mass is 364 g/mol. The van der Waals surface area contributed by atoms with Crippen LogP contribution in [-0.2, 0) is 19.1 Å². The molecule has 134 valence electrons. The molecular formula is C19H21ClO5. The minimum absolute atomic E-state index is 0.0775. The average molecular weight is 365 g/mol. The summed E-state index contributed by atoms with van der Waals surface area (Å²) in [6, 6.07) is 4.89. The van der Waals surface area contributed by atoms with Gasteiger partial charge in [0.25, 0.3) is 0 Å². The smallest absolute Gasteiger partial charge is 0.384 e. The molecular weight excluding hydrogens is 344 g/mol. The Hall–Kier alpha value is -2.03. The maximum absolute atomic E-state index is 12.5. The molecule has 1 saturated heterocycles. The third-order valence-electron chi connectivity index (χ3n) is 3.91. The molecule has 0 saturated carbocycles. The van der Waals surface area contributed by atoms with Crippen molar-refractivity contribution in [3.63, 3.8) is 0 Å². The van der Waals surface area contributed by atoms with E-state index in [0.29, 0.717) is 30.0 Å². The van der Waals surface area contributed by atoms with Crippen molar-refractivity contribution in [3.05, 3.63) is 28.8 Å². The normalized spacial score (nSPS) is 19.5. The van der Waals surface area contributed by atoms with Gasteiger partial charge in [-0.15, -0.1) is 0 Å². The highest BCUT2D eigenvalue weighted by molar-refractivity contribution is 6.32. The number of benzene rings is 1. The molecule has 0 aliphatic carbocycles. The minimum atomic E-state index is -0.657. The number of halogens is 1. The molecule has 1 fully saturated rings. The Morgan fingerprint density at radius 2 is 2.16 bits per heavy atom. The first kappa shape index (κ1) is 19.3. The largest absolute Gasteiger partial charge is 0.456 e. The van der Waals surface area contributed by atoms with Crippen molar-refractivity contribution < 1.29 is 23.8 Å². The van der Waals surface area contributed by atoms with Gasteiger partial charge >= 0.3 is 11.9 Å². The van der Waals surface area contributed by atoms with Crippen LogP contribution in [0.3, 0.4) is 0 Å². The van der Waals surface area contributed by atoms with Gasteiger partial charge in [-0.25, -0.2) is 4.79 Å². The number of carbonyl (C=O) groups is 2. The predicted octanol–water partition coefficient (Wildman–Crippen LogP) is 3.37. The highest BCUT2D eigenvalue weighted by atomic mass is 35.5. The molecule has 0 amide bonds. The zero-order valence-corrected chi connectivity index (χ0v) is 15.1. The second-order valence-electron chi connectivity index (χ2n) is 5.63. The summed E-state index contributed by atoms with van der Waals surface area (Å²) >= 11 is 6.14. The number of carbonyl (C=O) groups excluding carboxylic acids is 2. The van der Waals surface area contributed by atoms with Crippen LogP contribution in [0.4, 0.5) is 0 Å². The maximum Gasteiger partial charge on any atom is 0.384 e. The van der Waals surface area contributed by atoms with Crippen LogP contribution in [0, 0.1) is 17.8 Å². The van der Waals surface area contributed by atoms with Crippen LogP contribution in [0.15, 0.2) is 18.2 Å². The molecule has 1 aliphatic rings. The van der Waals surface area contributed by atoms with E-state index in [0.717, 1.165) is 6.42 Å². The van der Waals surface area contributed by atoms with Gasteiger partial charge < -0.3 is 14.2 Å². The summed E-state index contributed by atoms with van der Waals surface area (Å²) in [5, 5.41) is 0.306. The van der Waals surface area contributed by atoms with Crippen molar-refractivity contribution in [2.24, 2.45) is 5.92 Å². The van der Waals surface area contributed by atoms with E-state index in [1.165, 1.54) is 0 Å². The Labute approximate surface area is 152 Å². The van der Waals surface area contributed by atoms with E-state index >= 15 is 0 Å². The maximum atomic E-state index is 12.5. The zero-order chi connectivity index (χ0) is 18.2. The summed E-state index contributed by atoms with van der Waals surface area (Å²) in [5.41, 5.74) is 0.296. The van der Waals surface area contributed by atoms with Crippen LogP contribution in [0.1, 0.15) is 38.7 Å². The second kappa shape index (κ2) is 9.45. The van der Waals surface area contributed by atoms with E-state index in [4.69, 9.17) is 25.8 Å². The number of rotatable bonds is 4. The fourth-order valence-corrected chi connectivity index (χ4v) is 2.78. The van der Waals surface area contributed by atoms with Crippen LogP contribution < -0.4 is 4.74 Å². The van der Waals surface area contributed by atoms with Gasteiger partial charge in [0.2, 0.25) is 0 Å². The topological polar surface area (TPSA) is 61.8 Å². The molecule has 2 rings (SSSR count). The Kier molecular flexibility index (Phi) is 7.30. The first-order valence-electron chi connectivity index (χ1n) is 8.35. The Morgan fingerprint density at radius 1 is 1.36 bits per heavy atom. The molecule has 0 radical (unpaired) electrons. The summed E-state index contributed by atoms with van der Waals surface area (Å²) in [6.07, 6.45) is 2.20. The molecule has 1 aromatic carbocycles. The van der Waals surface area contributed by atoms with Gasteiger partial charge in [0.05, 0.1) is 29.2 Å². The molecule has 0 aromatic heterocycles. The fourth-order valence-electron chi connectivity index (χ4n) is 2.56. The summed E-state index contributed by atoms with van der Waals surface area (Å²) in [6.45, 7) is 4.50. The Morgan fingerprint density at radius 3 is 2.88 bits per heavy atom. The molecule has 2 atom stereocenters. The highest BCUT2D eigenvalue weighted by Crippen LogP contribution is 2.28. The van der Waals surface area contributed by atoms with Gasteiger partial charge in [-0.05, 0) is 44.2 Å². The quantitative estimate of drug-likeness (QED) is 0.465. The number of ether oxygens (including phenoxy) is 3. The predicted molar refractivity (Wildman–Crippen MR) is 93.4 cm³/mol. The lowest BCUT2D eigenvalue weighted by Gasteiger charge is -2.27. The van der Waals surface area contributed by atoms with Gasteiger partial charge in [0, 0.05) is 12.5 Å². The highest BCUT2D eigenvalue weighted by Gasteiger charge is 2.29. The summed E-state index contributed by atoms with van der Waals surface area (Å²) in [7, 11) is 0. The molecule has 0 spiro atoms. The van der Waals surface area contributed by atoms with Crippen molar-refractivity contribution in [2.75, 3.05) is 13.2 Å². The van der Waals surface area contributed by atoms with Crippen molar-refractivity contribution in [2.45, 2.75) is 39.2 Å². The van der Waals surface area contributed by atoms with Crippen molar-refractivity contribution in [3.8, 4) is 17.6 Å². The third-order valence-corrected chi connectivity index (χ3v) is 4.22. The molecule has 1 heterocycles. The first-order valence-corrected chi connectivity index (χ1v) is 8.73. The van der Waals surface area contributed by atoms with Gasteiger partial charge in [0.1, 0.15) is 5.75 Å². The van der Waals surface area contributed by atoms with Crippen LogP contribution in [-0.4, -0.2) is 31.3 Å². The number of hydrogen-bond acceptors (Lipinski definition) is 5. The lowest BCUT2D eigenvalue weighted by Crippen LogP contribution is -2.32. The van der Waals surface area contributed by atoms with Crippen LogP contribution in [0.25, 0.3) is 0 Å². The Bertz CT molecular complexity index is 689. The molecule has 5 nitrogen and oxygen atoms in total. The lowest BCUT2D eigenvalue weighted by atomic mass is 9.94. The van der Waals surface area contributed by atoms with E-state index in [9.17, 15) is 9.59 Å². The molecule has 2 unspecified atom stereocenters. The molecule has 0 bridgehead atoms. The van der Waals surface area contributed by atoms with Gasteiger partial charge in [-0.1, -0.05) is 24.6 Å². The fraction of sp³-hybridized carbons (Fsp3) is 0.474. The Balaban J connectivity index is 2.15. The minimum Gasteiger partial charge on any atom is -0.456 e. The average Bonchev–Trinajstić information content (AvgIpc) is 2.61. The summed E-state index contributed by atoms with van der Waals surface area (Å²) < 4.78 is 15.9. The van der Waals surface area contributed by atoms with E-state index in [1.54, 1.807) is 25.1 Å². The zero-order valence-electron chi connectivity index (χ0n) is 14.3. The number of esters is 2. The first-order chi connectivity index (χ1) is 12.0. The number of hydrogen-bond donors (Lipinski definition) is 0. The van der Waals surface area contributed by atoms with Crippen molar-refractivity contribution in [1.29, 1.82) is 0 Å². The lowest BCUT2D eigenvalue weighted by molar-refractivity contribution is -0.144. The molecule has 0 N–H and O–H groups in total. The van der Waals surface area contributed by atoms with Crippen LogP contribution >= 0.6 is 11.6 Å². The summed E-state index contributed by atoms with van der Waals surface area (Å²) in [5.74, 6) is 4.02. The summed E-state index contributed by atoms with van der Waals surface area (Å²) in [4.78, 5) is 23.9. The van der Waals surface area contributed by atoms with E-state index in [2.05, 4.69) is 11.8 Å². The second-order valence-corrected chi connectivity index (χ2v) is 6.03. The SMILES string of the molecule is CCOC(=O)C#Cc1c(Cl)cccc1OC(=O)C1CCOC(CC)C1. The van der Waals surface area contributed by atoms with Gasteiger partial charge in [-0.3, -0.25) is 4.79 Å². The molecule has 1 aromatic rings. The van der Waals surface area contributed by atoms with Crippen molar-refractivity contribution in [1.82, 2.24) is 0 Å². The van der Waals surface area contributed by atoms with E-state index in [-0.39, 0.29) is 30.3 Å².